The van der Waals surface area contributed by atoms with Crippen molar-refractivity contribution in [3.8, 4) is 0 Å². The highest BCUT2D eigenvalue weighted by Crippen LogP contribution is 2.20. The first-order valence-corrected chi connectivity index (χ1v) is 6.76. The number of benzene rings is 1. The molecule has 1 N–H and O–H groups in total. The maximum atomic E-state index is 12.2. The molecule has 1 aromatic rings. The van der Waals surface area contributed by atoms with E-state index in [1.165, 1.54) is 6.92 Å². The largest absolute Gasteiger partial charge is 0.342 e. The van der Waals surface area contributed by atoms with Crippen molar-refractivity contribution < 1.29 is 9.59 Å². The van der Waals surface area contributed by atoms with E-state index in [0.717, 1.165) is 19.4 Å². The second-order valence-corrected chi connectivity index (χ2v) is 5.24. The highest BCUT2D eigenvalue weighted by molar-refractivity contribution is 6.30. The van der Waals surface area contributed by atoms with Crippen LogP contribution in [0.5, 0.6) is 0 Å². The van der Waals surface area contributed by atoms with Crippen molar-refractivity contribution in [1.29, 1.82) is 0 Å². The molecule has 0 spiro atoms. The van der Waals surface area contributed by atoms with Crippen molar-refractivity contribution in [2.24, 2.45) is 5.92 Å². The number of hydrogen-bond donors (Lipinski definition) is 1. The molecule has 1 atom stereocenters. The third-order valence-electron chi connectivity index (χ3n) is 3.33. The van der Waals surface area contributed by atoms with Gasteiger partial charge in [-0.3, -0.25) is 9.59 Å². The van der Waals surface area contributed by atoms with Gasteiger partial charge < -0.3 is 10.2 Å². The van der Waals surface area contributed by atoms with Crippen LogP contribution in [0.1, 0.15) is 19.8 Å². The molecule has 1 aliphatic rings. The lowest BCUT2D eigenvalue weighted by Crippen LogP contribution is -2.42. The van der Waals surface area contributed by atoms with Gasteiger partial charge >= 0.3 is 0 Å². The second kappa shape index (κ2) is 6.06. The van der Waals surface area contributed by atoms with E-state index in [-0.39, 0.29) is 17.7 Å². The minimum Gasteiger partial charge on any atom is -0.342 e. The van der Waals surface area contributed by atoms with Crippen molar-refractivity contribution in [3.05, 3.63) is 29.3 Å². The normalized spacial score (nSPS) is 19.1. The van der Waals surface area contributed by atoms with E-state index in [1.807, 2.05) is 0 Å². The van der Waals surface area contributed by atoms with Gasteiger partial charge in [0.1, 0.15) is 0 Å². The number of likely N-dealkylation sites (tertiary alicyclic amines) is 1. The molecular formula is C14H17ClN2O2. The van der Waals surface area contributed by atoms with Crippen molar-refractivity contribution in [3.63, 3.8) is 0 Å². The average Bonchev–Trinajstić information content (AvgIpc) is 2.39. The van der Waals surface area contributed by atoms with Crippen molar-refractivity contribution in [2.45, 2.75) is 19.8 Å². The van der Waals surface area contributed by atoms with Crippen LogP contribution in [-0.2, 0) is 9.59 Å². The summed E-state index contributed by atoms with van der Waals surface area (Å²) in [6, 6.07) is 7.07. The Kier molecular flexibility index (Phi) is 4.43. The zero-order valence-electron chi connectivity index (χ0n) is 10.9. The Morgan fingerprint density at radius 2 is 2.21 bits per heavy atom. The maximum absolute atomic E-state index is 12.2. The van der Waals surface area contributed by atoms with Crippen molar-refractivity contribution >= 4 is 29.1 Å². The molecule has 0 aromatic heterocycles. The Labute approximate surface area is 117 Å². The van der Waals surface area contributed by atoms with Gasteiger partial charge in [0.15, 0.2) is 0 Å². The Balaban J connectivity index is 1.98. The monoisotopic (exact) mass is 280 g/mol. The maximum Gasteiger partial charge on any atom is 0.229 e. The molecule has 1 aliphatic heterocycles. The van der Waals surface area contributed by atoms with Gasteiger partial charge in [0.05, 0.1) is 5.92 Å². The predicted octanol–water partition coefficient (Wildman–Crippen LogP) is 2.54. The first kappa shape index (κ1) is 13.9. The van der Waals surface area contributed by atoms with Gasteiger partial charge in [-0.05, 0) is 31.0 Å². The van der Waals surface area contributed by atoms with E-state index in [2.05, 4.69) is 5.32 Å². The van der Waals surface area contributed by atoms with Gasteiger partial charge in [-0.15, -0.1) is 0 Å². The van der Waals surface area contributed by atoms with Gasteiger partial charge in [0, 0.05) is 30.7 Å². The number of nitrogens with zero attached hydrogens (tertiary/aromatic N) is 1. The number of anilines is 1. The van der Waals surface area contributed by atoms with Crippen molar-refractivity contribution in [1.82, 2.24) is 4.90 Å². The number of nitrogens with one attached hydrogen (secondary N) is 1. The molecule has 19 heavy (non-hydrogen) atoms. The molecule has 2 rings (SSSR count). The van der Waals surface area contributed by atoms with Gasteiger partial charge in [0.25, 0.3) is 0 Å². The zero-order chi connectivity index (χ0) is 13.8. The summed E-state index contributed by atoms with van der Waals surface area (Å²) >= 11 is 5.87. The van der Waals surface area contributed by atoms with Crippen LogP contribution < -0.4 is 5.32 Å². The van der Waals surface area contributed by atoms with Crippen LogP contribution in [0, 0.1) is 5.92 Å². The topological polar surface area (TPSA) is 49.4 Å². The fourth-order valence-electron chi connectivity index (χ4n) is 2.29. The minimum atomic E-state index is -0.142. The summed E-state index contributed by atoms with van der Waals surface area (Å²) in [5, 5.41) is 3.44. The standard InChI is InChI=1S/C14H17ClN2O2/c1-10(18)17-7-3-4-11(9-17)14(19)16-13-6-2-5-12(15)8-13/h2,5-6,8,11H,3-4,7,9H2,1H3,(H,16,19)/t11-/m1/s1. The lowest BCUT2D eigenvalue weighted by molar-refractivity contribution is -0.132. The summed E-state index contributed by atoms with van der Waals surface area (Å²) in [5.41, 5.74) is 0.692. The molecule has 1 fully saturated rings. The summed E-state index contributed by atoms with van der Waals surface area (Å²) in [7, 11) is 0. The molecule has 0 aliphatic carbocycles. The van der Waals surface area contributed by atoms with Crippen molar-refractivity contribution in [2.75, 3.05) is 18.4 Å². The molecule has 0 bridgehead atoms. The van der Waals surface area contributed by atoms with E-state index < -0.39 is 0 Å². The Bertz CT molecular complexity index is 490. The first-order valence-electron chi connectivity index (χ1n) is 6.38. The van der Waals surface area contributed by atoms with Crippen LogP contribution in [0.15, 0.2) is 24.3 Å². The van der Waals surface area contributed by atoms with Crippen LogP contribution in [-0.4, -0.2) is 29.8 Å². The van der Waals surface area contributed by atoms with Crippen LogP contribution >= 0.6 is 11.6 Å². The molecule has 1 saturated heterocycles. The van der Waals surface area contributed by atoms with Crippen LogP contribution in [0.2, 0.25) is 5.02 Å². The third kappa shape index (κ3) is 3.70. The van der Waals surface area contributed by atoms with Crippen LogP contribution in [0.25, 0.3) is 0 Å². The summed E-state index contributed by atoms with van der Waals surface area (Å²) in [6.45, 7) is 2.79. The summed E-state index contributed by atoms with van der Waals surface area (Å²) in [6.07, 6.45) is 1.68. The molecule has 4 nitrogen and oxygen atoms in total. The Morgan fingerprint density at radius 1 is 1.42 bits per heavy atom. The molecule has 5 heteroatoms. The first-order chi connectivity index (χ1) is 9.06. The lowest BCUT2D eigenvalue weighted by atomic mass is 9.97. The number of rotatable bonds is 2. The molecule has 1 heterocycles. The van der Waals surface area contributed by atoms with Gasteiger partial charge in [-0.25, -0.2) is 0 Å². The van der Waals surface area contributed by atoms with E-state index in [4.69, 9.17) is 11.6 Å². The molecule has 0 saturated carbocycles. The minimum absolute atomic E-state index is 0.0280. The number of carbonyl (C=O) groups excluding carboxylic acids is 2. The average molecular weight is 281 g/mol. The quantitative estimate of drug-likeness (QED) is 0.905. The Hall–Kier alpha value is -1.55. The van der Waals surface area contributed by atoms with E-state index >= 15 is 0 Å². The molecule has 0 radical (unpaired) electrons. The lowest BCUT2D eigenvalue weighted by Gasteiger charge is -2.31. The third-order valence-corrected chi connectivity index (χ3v) is 3.56. The van der Waals surface area contributed by atoms with E-state index in [0.29, 0.717) is 17.3 Å². The highest BCUT2D eigenvalue weighted by atomic mass is 35.5. The fraction of sp³-hybridized carbons (Fsp3) is 0.429. The van der Waals surface area contributed by atoms with Crippen LogP contribution in [0.3, 0.4) is 0 Å². The number of halogens is 1. The highest BCUT2D eigenvalue weighted by Gasteiger charge is 2.26. The molecule has 1 aromatic carbocycles. The van der Waals surface area contributed by atoms with E-state index in [9.17, 15) is 9.59 Å². The number of piperidine rings is 1. The van der Waals surface area contributed by atoms with E-state index in [1.54, 1.807) is 29.2 Å². The molecule has 0 unspecified atom stereocenters. The van der Waals surface area contributed by atoms with Gasteiger partial charge in [0.2, 0.25) is 11.8 Å². The second-order valence-electron chi connectivity index (χ2n) is 4.80. The predicted molar refractivity (Wildman–Crippen MR) is 75.1 cm³/mol. The Morgan fingerprint density at radius 3 is 2.89 bits per heavy atom. The molecule has 102 valence electrons. The SMILES string of the molecule is CC(=O)N1CCC[C@@H](C(=O)Nc2cccc(Cl)c2)C1. The summed E-state index contributed by atoms with van der Waals surface area (Å²) < 4.78 is 0. The molecular weight excluding hydrogens is 264 g/mol. The van der Waals surface area contributed by atoms with Gasteiger partial charge in [-0.1, -0.05) is 17.7 Å². The van der Waals surface area contributed by atoms with Crippen LogP contribution in [0.4, 0.5) is 5.69 Å². The van der Waals surface area contributed by atoms with Gasteiger partial charge in [-0.2, -0.15) is 0 Å². The fourth-order valence-corrected chi connectivity index (χ4v) is 2.48. The number of carbonyl (C=O) groups is 2. The summed E-state index contributed by atoms with van der Waals surface area (Å²) in [5.74, 6) is -0.162. The number of hydrogen-bond acceptors (Lipinski definition) is 2. The number of amides is 2. The molecule has 2 amide bonds. The smallest absolute Gasteiger partial charge is 0.229 e. The zero-order valence-corrected chi connectivity index (χ0v) is 11.6. The summed E-state index contributed by atoms with van der Waals surface area (Å²) in [4.78, 5) is 25.2.